The maximum Gasteiger partial charge on any atom is 0.408 e. The Kier molecular flexibility index (Phi) is 10.7. The number of benzene rings is 2. The number of nitrogens with one attached hydrogen (secondary N) is 3. The fourth-order valence-corrected chi connectivity index (χ4v) is 3.29. The third kappa shape index (κ3) is 9.11. The van der Waals surface area contributed by atoms with E-state index < -0.39 is 42.0 Å². The summed E-state index contributed by atoms with van der Waals surface area (Å²) in [5, 5.41) is 7.86. The van der Waals surface area contributed by atoms with Gasteiger partial charge < -0.3 is 25.4 Å². The molecule has 2 aromatic rings. The number of methoxy groups -OCH3 is 1. The summed E-state index contributed by atoms with van der Waals surface area (Å²) in [6.07, 6.45) is -0.562. The zero-order valence-electron chi connectivity index (χ0n) is 20.4. The first-order chi connectivity index (χ1) is 16.7. The highest BCUT2D eigenvalue weighted by atomic mass is 16.5. The van der Waals surface area contributed by atoms with Crippen molar-refractivity contribution in [1.29, 1.82) is 0 Å². The summed E-state index contributed by atoms with van der Waals surface area (Å²) in [7, 11) is 1.23. The minimum Gasteiger partial charge on any atom is -0.467 e. The van der Waals surface area contributed by atoms with Crippen molar-refractivity contribution >= 4 is 23.9 Å². The molecule has 0 aromatic heterocycles. The van der Waals surface area contributed by atoms with E-state index >= 15 is 0 Å². The summed E-state index contributed by atoms with van der Waals surface area (Å²) < 4.78 is 9.91. The van der Waals surface area contributed by atoms with E-state index in [9.17, 15) is 19.2 Å². The minimum atomic E-state index is -0.993. The Hall–Kier alpha value is -3.88. The molecule has 9 heteroatoms. The summed E-state index contributed by atoms with van der Waals surface area (Å²) in [5.41, 5.74) is 1.63. The lowest BCUT2D eigenvalue weighted by Gasteiger charge is -2.26. The maximum absolute atomic E-state index is 13.2. The number of hydrogen-bond acceptors (Lipinski definition) is 6. The second kappa shape index (κ2) is 13.7. The van der Waals surface area contributed by atoms with E-state index in [0.717, 1.165) is 11.1 Å². The molecule has 0 aliphatic heterocycles. The van der Waals surface area contributed by atoms with Crippen LogP contribution in [0.15, 0.2) is 60.7 Å². The predicted octanol–water partition coefficient (Wildman–Crippen LogP) is 2.34. The molecule has 0 saturated carbocycles. The Bertz CT molecular complexity index is 981. The lowest BCUT2D eigenvalue weighted by atomic mass is 10.0. The molecule has 3 N–H and O–H groups in total. The normalized spacial score (nSPS) is 13.2. The van der Waals surface area contributed by atoms with Gasteiger partial charge in [0, 0.05) is 6.42 Å². The highest BCUT2D eigenvalue weighted by Crippen LogP contribution is 2.08. The van der Waals surface area contributed by atoms with Crippen LogP contribution in [-0.4, -0.2) is 49.1 Å². The molecule has 9 nitrogen and oxygen atoms in total. The second-order valence-electron chi connectivity index (χ2n) is 8.43. The molecule has 0 radical (unpaired) electrons. The van der Waals surface area contributed by atoms with Gasteiger partial charge in [-0.25, -0.2) is 9.59 Å². The molecular formula is C26H33N3O6. The van der Waals surface area contributed by atoms with Crippen LogP contribution in [0.2, 0.25) is 0 Å². The molecule has 3 atom stereocenters. The van der Waals surface area contributed by atoms with Gasteiger partial charge in [-0.2, -0.15) is 0 Å². The van der Waals surface area contributed by atoms with Gasteiger partial charge in [0.15, 0.2) is 0 Å². The van der Waals surface area contributed by atoms with Gasteiger partial charge >= 0.3 is 12.1 Å². The molecule has 0 spiro atoms. The van der Waals surface area contributed by atoms with Crippen LogP contribution in [0.25, 0.3) is 0 Å². The van der Waals surface area contributed by atoms with Crippen LogP contribution in [0.5, 0.6) is 0 Å². The smallest absolute Gasteiger partial charge is 0.408 e. The average Bonchev–Trinajstić information content (AvgIpc) is 2.85. The minimum absolute atomic E-state index is 0.0504. The van der Waals surface area contributed by atoms with Gasteiger partial charge in [0.1, 0.15) is 24.7 Å². The second-order valence-corrected chi connectivity index (χ2v) is 8.43. The fourth-order valence-electron chi connectivity index (χ4n) is 3.29. The fraction of sp³-hybridized carbons (Fsp3) is 0.385. The lowest BCUT2D eigenvalue weighted by molar-refractivity contribution is -0.145. The van der Waals surface area contributed by atoms with Crippen molar-refractivity contribution in [3.05, 3.63) is 71.8 Å². The van der Waals surface area contributed by atoms with Crippen molar-refractivity contribution in [1.82, 2.24) is 16.0 Å². The quantitative estimate of drug-likeness (QED) is 0.422. The van der Waals surface area contributed by atoms with Gasteiger partial charge in [0.05, 0.1) is 7.11 Å². The molecule has 188 valence electrons. The van der Waals surface area contributed by atoms with Gasteiger partial charge in [-0.05, 0) is 24.0 Å². The largest absolute Gasteiger partial charge is 0.467 e. The number of esters is 1. The van der Waals surface area contributed by atoms with Gasteiger partial charge in [0.2, 0.25) is 11.8 Å². The Balaban J connectivity index is 2.10. The highest BCUT2D eigenvalue weighted by Gasteiger charge is 2.30. The maximum atomic E-state index is 13.2. The van der Waals surface area contributed by atoms with E-state index in [0.29, 0.717) is 0 Å². The topological polar surface area (TPSA) is 123 Å². The van der Waals surface area contributed by atoms with E-state index in [-0.39, 0.29) is 18.9 Å². The van der Waals surface area contributed by atoms with Gasteiger partial charge in [0.25, 0.3) is 0 Å². The van der Waals surface area contributed by atoms with Gasteiger partial charge in [-0.1, -0.05) is 74.5 Å². The molecule has 0 saturated heterocycles. The third-order valence-electron chi connectivity index (χ3n) is 5.26. The van der Waals surface area contributed by atoms with Crippen LogP contribution >= 0.6 is 0 Å². The van der Waals surface area contributed by atoms with Crippen LogP contribution in [0, 0.1) is 5.92 Å². The van der Waals surface area contributed by atoms with Crippen LogP contribution < -0.4 is 16.0 Å². The Morgan fingerprint density at radius 3 is 1.89 bits per heavy atom. The first kappa shape index (κ1) is 27.4. The average molecular weight is 484 g/mol. The monoisotopic (exact) mass is 483 g/mol. The lowest BCUT2D eigenvalue weighted by Crippen LogP contribution is -2.57. The summed E-state index contributed by atoms with van der Waals surface area (Å²) >= 11 is 0. The number of ether oxygens (including phenoxy) is 2. The summed E-state index contributed by atoms with van der Waals surface area (Å²) in [5.74, 6) is -1.97. The molecule has 0 aliphatic carbocycles. The van der Waals surface area contributed by atoms with Crippen molar-refractivity contribution in [3.8, 4) is 0 Å². The van der Waals surface area contributed by atoms with Crippen molar-refractivity contribution in [2.45, 2.75) is 51.9 Å². The molecular weight excluding hydrogens is 450 g/mol. The first-order valence-corrected chi connectivity index (χ1v) is 11.4. The first-order valence-electron chi connectivity index (χ1n) is 11.4. The molecule has 0 fully saturated rings. The molecule has 35 heavy (non-hydrogen) atoms. The van der Waals surface area contributed by atoms with E-state index in [4.69, 9.17) is 4.74 Å². The molecule has 2 aromatic carbocycles. The third-order valence-corrected chi connectivity index (χ3v) is 5.26. The van der Waals surface area contributed by atoms with Gasteiger partial charge in [-0.15, -0.1) is 0 Å². The van der Waals surface area contributed by atoms with Gasteiger partial charge in [-0.3, -0.25) is 9.59 Å². The van der Waals surface area contributed by atoms with E-state index in [1.807, 2.05) is 60.7 Å². The predicted molar refractivity (Wildman–Crippen MR) is 130 cm³/mol. The van der Waals surface area contributed by atoms with Crippen molar-refractivity contribution in [2.24, 2.45) is 5.92 Å². The Labute approximate surface area is 205 Å². The van der Waals surface area contributed by atoms with Crippen molar-refractivity contribution in [3.63, 3.8) is 0 Å². The Morgan fingerprint density at radius 2 is 1.34 bits per heavy atom. The van der Waals surface area contributed by atoms with Crippen LogP contribution in [0.4, 0.5) is 4.79 Å². The molecule has 0 aliphatic rings. The summed E-state index contributed by atoms with van der Waals surface area (Å²) in [6.45, 7) is 5.07. The molecule has 3 amide bonds. The Morgan fingerprint density at radius 1 is 0.771 bits per heavy atom. The molecule has 0 unspecified atom stereocenters. The zero-order chi connectivity index (χ0) is 25.8. The molecule has 2 rings (SSSR count). The molecule has 0 bridgehead atoms. The number of rotatable bonds is 11. The van der Waals surface area contributed by atoms with Crippen molar-refractivity contribution < 1.29 is 28.7 Å². The summed E-state index contributed by atoms with van der Waals surface area (Å²) in [6, 6.07) is 15.5. The summed E-state index contributed by atoms with van der Waals surface area (Å²) in [4.78, 5) is 50.1. The van der Waals surface area contributed by atoms with E-state index in [1.165, 1.54) is 14.0 Å². The number of hydrogen-bond donors (Lipinski definition) is 3. The van der Waals surface area contributed by atoms with E-state index in [2.05, 4.69) is 20.7 Å². The number of carbonyl (C=O) groups excluding carboxylic acids is 4. The van der Waals surface area contributed by atoms with Crippen LogP contribution in [-0.2, 0) is 36.9 Å². The molecule has 0 heterocycles. The number of alkyl carbamates (subject to hydrolysis) is 1. The van der Waals surface area contributed by atoms with Crippen molar-refractivity contribution in [2.75, 3.05) is 7.11 Å². The van der Waals surface area contributed by atoms with E-state index in [1.54, 1.807) is 13.8 Å². The highest BCUT2D eigenvalue weighted by molar-refractivity contribution is 5.93. The standard InChI is InChI=1S/C26H33N3O6/c1-17(2)22(24(31)27-18(3)25(32)34-4)29-23(30)21(15-19-11-7-5-8-12-19)28-26(33)35-16-20-13-9-6-10-14-20/h5-14,17-18,21-22H,15-16H2,1-4H3,(H,27,31)(H,28,33)(H,29,30)/t18-,21-,22+/m0/s1. The number of carbonyl (C=O) groups is 4. The van der Waals surface area contributed by atoms with Crippen LogP contribution in [0.1, 0.15) is 31.9 Å². The zero-order valence-corrected chi connectivity index (χ0v) is 20.4. The number of amides is 3. The van der Waals surface area contributed by atoms with Crippen LogP contribution in [0.3, 0.4) is 0 Å². The SMILES string of the molecule is COC(=O)[C@H](C)NC(=O)[C@H](NC(=O)[C@H](Cc1ccccc1)NC(=O)OCc1ccccc1)C(C)C.